The van der Waals surface area contributed by atoms with E-state index in [1.165, 1.54) is 41.3 Å². The standard InChI is InChI=1S/C28H31BrFN3O4S/c1-4-26(28(35)31-5-2)32(18-21-8-12-23(30)13-9-21)27(34)19-33(24-14-10-22(29)11-15-24)38(36,37)25-16-6-20(3)7-17-25/h6-17,26H,4-5,18-19H2,1-3H3,(H,31,35). The average Bonchev–Trinajstić information content (AvgIpc) is 2.89. The van der Waals surface area contributed by atoms with Crippen LogP contribution in [-0.4, -0.2) is 44.3 Å². The molecule has 0 saturated carbocycles. The molecular weight excluding hydrogens is 573 g/mol. The minimum atomic E-state index is -4.13. The topological polar surface area (TPSA) is 86.8 Å². The molecule has 0 aliphatic heterocycles. The molecule has 0 fully saturated rings. The van der Waals surface area contributed by atoms with Crippen LogP contribution in [0.3, 0.4) is 0 Å². The first-order chi connectivity index (χ1) is 18.1. The maximum Gasteiger partial charge on any atom is 0.264 e. The second kappa shape index (κ2) is 13.0. The number of nitrogens with zero attached hydrogens (tertiary/aromatic N) is 2. The first-order valence-electron chi connectivity index (χ1n) is 12.2. The van der Waals surface area contributed by atoms with Gasteiger partial charge in [-0.3, -0.25) is 13.9 Å². The van der Waals surface area contributed by atoms with Crippen molar-refractivity contribution in [3.05, 3.63) is 94.2 Å². The van der Waals surface area contributed by atoms with Crippen LogP contribution in [-0.2, 0) is 26.2 Å². The molecule has 1 unspecified atom stereocenters. The van der Waals surface area contributed by atoms with Crippen LogP contribution in [0.5, 0.6) is 0 Å². The van der Waals surface area contributed by atoms with Gasteiger partial charge < -0.3 is 10.2 Å². The van der Waals surface area contributed by atoms with Crippen molar-refractivity contribution in [2.24, 2.45) is 0 Å². The predicted octanol–water partition coefficient (Wildman–Crippen LogP) is 5.04. The number of carbonyl (C=O) groups excluding carboxylic acids is 2. The highest BCUT2D eigenvalue weighted by molar-refractivity contribution is 9.10. The van der Waals surface area contributed by atoms with Crippen LogP contribution < -0.4 is 9.62 Å². The molecule has 7 nitrogen and oxygen atoms in total. The van der Waals surface area contributed by atoms with Gasteiger partial charge in [-0.2, -0.15) is 0 Å². The molecule has 0 aliphatic carbocycles. The largest absolute Gasteiger partial charge is 0.355 e. The monoisotopic (exact) mass is 603 g/mol. The quantitative estimate of drug-likeness (QED) is 0.333. The van der Waals surface area contributed by atoms with Crippen LogP contribution in [0.25, 0.3) is 0 Å². The summed E-state index contributed by atoms with van der Waals surface area (Å²) in [5.74, 6) is -1.33. The molecular formula is C28H31BrFN3O4S. The van der Waals surface area contributed by atoms with Gasteiger partial charge in [0.25, 0.3) is 10.0 Å². The van der Waals surface area contributed by atoms with Crippen LogP contribution >= 0.6 is 15.9 Å². The van der Waals surface area contributed by atoms with E-state index < -0.39 is 34.3 Å². The Balaban J connectivity index is 2.04. The van der Waals surface area contributed by atoms with E-state index in [0.29, 0.717) is 24.2 Å². The van der Waals surface area contributed by atoms with Gasteiger partial charge in [0.15, 0.2) is 0 Å². The molecule has 0 aromatic heterocycles. The van der Waals surface area contributed by atoms with Crippen LogP contribution in [0.1, 0.15) is 31.4 Å². The van der Waals surface area contributed by atoms with Gasteiger partial charge in [-0.1, -0.05) is 52.7 Å². The summed E-state index contributed by atoms with van der Waals surface area (Å²) in [6.45, 7) is 5.26. The molecule has 0 saturated heterocycles. The second-order valence-electron chi connectivity index (χ2n) is 8.77. The van der Waals surface area contributed by atoms with E-state index in [1.54, 1.807) is 50.2 Å². The zero-order chi connectivity index (χ0) is 27.9. The molecule has 0 radical (unpaired) electrons. The Hall–Kier alpha value is -3.24. The van der Waals surface area contributed by atoms with Gasteiger partial charge in [0.1, 0.15) is 18.4 Å². The summed E-state index contributed by atoms with van der Waals surface area (Å²) in [6, 6.07) is 17.8. The molecule has 2 amide bonds. The lowest BCUT2D eigenvalue weighted by Crippen LogP contribution is -2.52. The summed E-state index contributed by atoms with van der Waals surface area (Å²) >= 11 is 3.36. The average molecular weight is 605 g/mol. The number of anilines is 1. The summed E-state index contributed by atoms with van der Waals surface area (Å²) in [7, 11) is -4.13. The first kappa shape index (κ1) is 29.3. The Morgan fingerprint density at radius 3 is 2.11 bits per heavy atom. The van der Waals surface area contributed by atoms with Gasteiger partial charge in [0.2, 0.25) is 11.8 Å². The van der Waals surface area contributed by atoms with Crippen LogP contribution in [0.15, 0.2) is 82.2 Å². The normalized spacial score (nSPS) is 12.0. The summed E-state index contributed by atoms with van der Waals surface area (Å²) in [4.78, 5) is 28.2. The van der Waals surface area contributed by atoms with Crippen LogP contribution in [0, 0.1) is 12.7 Å². The Morgan fingerprint density at radius 1 is 0.947 bits per heavy atom. The summed E-state index contributed by atoms with van der Waals surface area (Å²) in [5, 5.41) is 2.75. The third kappa shape index (κ3) is 7.20. The zero-order valence-corrected chi connectivity index (χ0v) is 23.9. The molecule has 3 rings (SSSR count). The van der Waals surface area contributed by atoms with Crippen molar-refractivity contribution in [3.63, 3.8) is 0 Å². The van der Waals surface area contributed by atoms with E-state index in [4.69, 9.17) is 0 Å². The number of halogens is 2. The van der Waals surface area contributed by atoms with E-state index in [-0.39, 0.29) is 17.3 Å². The zero-order valence-electron chi connectivity index (χ0n) is 21.5. The van der Waals surface area contributed by atoms with Gasteiger partial charge >= 0.3 is 0 Å². The number of rotatable bonds is 11. The predicted molar refractivity (Wildman–Crippen MR) is 150 cm³/mol. The van der Waals surface area contributed by atoms with E-state index in [2.05, 4.69) is 21.2 Å². The Morgan fingerprint density at radius 2 is 1.55 bits per heavy atom. The minimum Gasteiger partial charge on any atom is -0.355 e. The fourth-order valence-corrected chi connectivity index (χ4v) is 5.65. The molecule has 3 aromatic rings. The highest BCUT2D eigenvalue weighted by Gasteiger charge is 2.33. The van der Waals surface area contributed by atoms with Crippen LogP contribution in [0.2, 0.25) is 0 Å². The summed E-state index contributed by atoms with van der Waals surface area (Å²) < 4.78 is 42.9. The van der Waals surface area contributed by atoms with Crippen molar-refractivity contribution in [2.75, 3.05) is 17.4 Å². The molecule has 10 heteroatoms. The van der Waals surface area contributed by atoms with Crippen molar-refractivity contribution >= 4 is 43.5 Å². The number of likely N-dealkylation sites (N-methyl/N-ethyl adjacent to an activating group) is 1. The Bertz CT molecular complexity index is 1350. The van der Waals surface area contributed by atoms with Gasteiger partial charge in [-0.25, -0.2) is 12.8 Å². The molecule has 3 aromatic carbocycles. The second-order valence-corrected chi connectivity index (χ2v) is 11.5. The summed E-state index contributed by atoms with van der Waals surface area (Å²) in [5.41, 5.74) is 1.81. The highest BCUT2D eigenvalue weighted by Crippen LogP contribution is 2.26. The van der Waals surface area contributed by atoms with E-state index in [1.807, 2.05) is 6.92 Å². The maximum absolute atomic E-state index is 13.9. The van der Waals surface area contributed by atoms with E-state index >= 15 is 0 Å². The molecule has 0 spiro atoms. The van der Waals surface area contributed by atoms with Gasteiger partial charge in [0, 0.05) is 17.6 Å². The molecule has 1 atom stereocenters. The summed E-state index contributed by atoms with van der Waals surface area (Å²) in [6.07, 6.45) is 0.307. The number of aryl methyl sites for hydroxylation is 1. The number of sulfonamides is 1. The number of nitrogens with one attached hydrogen (secondary N) is 1. The van der Waals surface area contributed by atoms with E-state index in [9.17, 15) is 22.4 Å². The van der Waals surface area contributed by atoms with Gasteiger partial charge in [0.05, 0.1) is 10.6 Å². The molecule has 0 heterocycles. The fourth-order valence-electron chi connectivity index (χ4n) is 3.97. The number of benzene rings is 3. The van der Waals surface area contributed by atoms with Crippen molar-refractivity contribution in [1.29, 1.82) is 0 Å². The minimum absolute atomic E-state index is 0.00745. The van der Waals surface area contributed by atoms with Gasteiger partial charge in [-0.15, -0.1) is 0 Å². The number of hydrogen-bond acceptors (Lipinski definition) is 4. The van der Waals surface area contributed by atoms with E-state index in [0.717, 1.165) is 14.3 Å². The maximum atomic E-state index is 13.9. The third-order valence-corrected chi connectivity index (χ3v) is 8.32. The molecule has 0 aliphatic rings. The van der Waals surface area contributed by atoms with Gasteiger partial charge in [-0.05, 0) is 74.4 Å². The Labute approximate surface area is 231 Å². The lowest BCUT2D eigenvalue weighted by atomic mass is 10.1. The lowest BCUT2D eigenvalue weighted by molar-refractivity contribution is -0.140. The van der Waals surface area contributed by atoms with Crippen LogP contribution in [0.4, 0.5) is 10.1 Å². The number of amides is 2. The first-order valence-corrected chi connectivity index (χ1v) is 14.5. The molecule has 0 bridgehead atoms. The van der Waals surface area contributed by atoms with Crippen molar-refractivity contribution < 1.29 is 22.4 Å². The number of carbonyl (C=O) groups is 2. The SMILES string of the molecule is CCNC(=O)C(CC)N(Cc1ccc(F)cc1)C(=O)CN(c1ccc(Br)cc1)S(=O)(=O)c1ccc(C)cc1. The Kier molecular flexibility index (Phi) is 10.0. The van der Waals surface area contributed by atoms with Crippen molar-refractivity contribution in [2.45, 2.75) is 44.7 Å². The fraction of sp³-hybridized carbons (Fsp3) is 0.286. The van der Waals surface area contributed by atoms with Crippen molar-refractivity contribution in [3.8, 4) is 0 Å². The molecule has 1 N–H and O–H groups in total. The smallest absolute Gasteiger partial charge is 0.264 e. The number of hydrogen-bond donors (Lipinski definition) is 1. The lowest BCUT2D eigenvalue weighted by Gasteiger charge is -2.33. The van der Waals surface area contributed by atoms with Crippen molar-refractivity contribution in [1.82, 2.24) is 10.2 Å². The molecule has 38 heavy (non-hydrogen) atoms. The highest BCUT2D eigenvalue weighted by atomic mass is 79.9. The third-order valence-electron chi connectivity index (χ3n) is 6.01. The molecule has 202 valence electrons.